The molecule has 0 saturated carbocycles. The van der Waals surface area contributed by atoms with Gasteiger partial charge in [0.15, 0.2) is 10.8 Å². The lowest BCUT2D eigenvalue weighted by Gasteiger charge is -1.99. The number of aryl methyl sites for hydroxylation is 1. The van der Waals surface area contributed by atoms with E-state index in [1.165, 1.54) is 17.6 Å². The van der Waals surface area contributed by atoms with Crippen molar-refractivity contribution in [2.45, 2.75) is 6.92 Å². The number of thiazole rings is 1. The van der Waals surface area contributed by atoms with Gasteiger partial charge in [0.2, 0.25) is 0 Å². The predicted molar refractivity (Wildman–Crippen MR) is 85.7 cm³/mol. The second kappa shape index (κ2) is 6.41. The van der Waals surface area contributed by atoms with E-state index in [0.717, 1.165) is 5.69 Å². The number of hydrogen-bond acceptors (Lipinski definition) is 6. The van der Waals surface area contributed by atoms with Gasteiger partial charge in [-0.15, -0.1) is 11.3 Å². The summed E-state index contributed by atoms with van der Waals surface area (Å²) in [6.45, 7) is 1.83. The van der Waals surface area contributed by atoms with E-state index in [0.29, 0.717) is 10.7 Å². The zero-order valence-electron chi connectivity index (χ0n) is 12.1. The molecule has 0 fully saturated rings. The molecule has 2 amide bonds. The normalized spacial score (nSPS) is 10.3. The van der Waals surface area contributed by atoms with Crippen molar-refractivity contribution >= 4 is 34.3 Å². The van der Waals surface area contributed by atoms with E-state index in [-0.39, 0.29) is 17.6 Å². The number of nitrogens with one attached hydrogen (secondary N) is 2. The van der Waals surface area contributed by atoms with E-state index in [2.05, 4.69) is 20.6 Å². The molecule has 0 spiro atoms. The second-order valence-corrected chi connectivity index (χ2v) is 5.46. The standard InChI is InChI=1S/C15H12N4O3S/c1-9-8-23-15(16-9)19-13(21)11-7-22-14(17-11)18-12(20)10-5-3-2-4-6-10/h2-8H,1H3,(H,16,19,21)(H,17,18,20). The smallest absolute Gasteiger partial charge is 0.302 e. The number of oxazole rings is 1. The van der Waals surface area contributed by atoms with Crippen LogP contribution in [0.15, 0.2) is 46.4 Å². The van der Waals surface area contributed by atoms with Crippen LogP contribution < -0.4 is 10.6 Å². The predicted octanol–water partition coefficient (Wildman–Crippen LogP) is 2.94. The van der Waals surface area contributed by atoms with Crippen molar-refractivity contribution in [1.29, 1.82) is 0 Å². The highest BCUT2D eigenvalue weighted by Crippen LogP contribution is 2.16. The fourth-order valence-corrected chi connectivity index (χ4v) is 2.45. The molecule has 0 aliphatic heterocycles. The summed E-state index contributed by atoms with van der Waals surface area (Å²) in [5.74, 6) is -0.821. The van der Waals surface area contributed by atoms with Gasteiger partial charge in [-0.2, -0.15) is 4.98 Å². The van der Waals surface area contributed by atoms with Crippen LogP contribution in [-0.2, 0) is 0 Å². The van der Waals surface area contributed by atoms with Gasteiger partial charge in [-0.25, -0.2) is 4.98 Å². The molecule has 0 bridgehead atoms. The van der Waals surface area contributed by atoms with Crippen LogP contribution in [0.2, 0.25) is 0 Å². The third-order valence-corrected chi connectivity index (χ3v) is 3.71. The Labute approximate surface area is 135 Å². The topological polar surface area (TPSA) is 97.1 Å². The Kier molecular flexibility index (Phi) is 4.15. The highest BCUT2D eigenvalue weighted by atomic mass is 32.1. The molecule has 8 heteroatoms. The van der Waals surface area contributed by atoms with Crippen LogP contribution in [0.4, 0.5) is 11.1 Å². The van der Waals surface area contributed by atoms with Crippen LogP contribution in [0.5, 0.6) is 0 Å². The quantitative estimate of drug-likeness (QED) is 0.767. The highest BCUT2D eigenvalue weighted by molar-refractivity contribution is 7.13. The van der Waals surface area contributed by atoms with Gasteiger partial charge >= 0.3 is 6.01 Å². The molecule has 3 aromatic rings. The Morgan fingerprint density at radius 1 is 1.09 bits per heavy atom. The SMILES string of the molecule is Cc1csc(NC(=O)c2coc(NC(=O)c3ccccc3)n2)n1. The van der Waals surface area contributed by atoms with Crippen molar-refractivity contribution in [3.8, 4) is 0 Å². The molecule has 1 aromatic carbocycles. The number of amides is 2. The van der Waals surface area contributed by atoms with Gasteiger partial charge in [0.1, 0.15) is 6.26 Å². The fraction of sp³-hybridized carbons (Fsp3) is 0.0667. The molecule has 2 N–H and O–H groups in total. The minimum absolute atomic E-state index is 0.0423. The van der Waals surface area contributed by atoms with Crippen molar-refractivity contribution in [2.24, 2.45) is 0 Å². The van der Waals surface area contributed by atoms with E-state index in [9.17, 15) is 9.59 Å². The first kappa shape index (κ1) is 14.9. The van der Waals surface area contributed by atoms with Gasteiger partial charge in [-0.3, -0.25) is 20.2 Å². The van der Waals surface area contributed by atoms with Crippen LogP contribution in [0.3, 0.4) is 0 Å². The summed E-state index contributed by atoms with van der Waals surface area (Å²) in [7, 11) is 0. The molecule has 116 valence electrons. The van der Waals surface area contributed by atoms with Crippen molar-refractivity contribution in [3.05, 3.63) is 58.9 Å². The summed E-state index contributed by atoms with van der Waals surface area (Å²) in [6.07, 6.45) is 1.18. The van der Waals surface area contributed by atoms with Crippen LogP contribution in [0.25, 0.3) is 0 Å². The molecule has 3 rings (SSSR count). The minimum Gasteiger partial charge on any atom is -0.431 e. The molecule has 2 aromatic heterocycles. The number of carbonyl (C=O) groups is 2. The van der Waals surface area contributed by atoms with Crippen molar-refractivity contribution in [3.63, 3.8) is 0 Å². The number of anilines is 2. The lowest BCUT2D eigenvalue weighted by molar-refractivity contribution is 0.101. The highest BCUT2D eigenvalue weighted by Gasteiger charge is 2.15. The van der Waals surface area contributed by atoms with Crippen LogP contribution in [-0.4, -0.2) is 21.8 Å². The molecule has 0 atom stereocenters. The first-order chi connectivity index (χ1) is 11.1. The Hall–Kier alpha value is -3.00. The van der Waals surface area contributed by atoms with Crippen molar-refractivity contribution < 1.29 is 14.0 Å². The monoisotopic (exact) mass is 328 g/mol. The van der Waals surface area contributed by atoms with E-state index >= 15 is 0 Å². The molecule has 0 aliphatic carbocycles. The first-order valence-electron chi connectivity index (χ1n) is 6.67. The van der Waals surface area contributed by atoms with Gasteiger partial charge in [0.25, 0.3) is 11.8 Å². The molecule has 2 heterocycles. The van der Waals surface area contributed by atoms with Gasteiger partial charge in [0.05, 0.1) is 5.69 Å². The Morgan fingerprint density at radius 3 is 2.57 bits per heavy atom. The van der Waals surface area contributed by atoms with Crippen LogP contribution in [0, 0.1) is 6.92 Å². The zero-order valence-corrected chi connectivity index (χ0v) is 12.9. The van der Waals surface area contributed by atoms with Crippen molar-refractivity contribution in [1.82, 2.24) is 9.97 Å². The number of rotatable bonds is 4. The average molecular weight is 328 g/mol. The molecule has 0 radical (unpaired) electrons. The maximum atomic E-state index is 12.0. The summed E-state index contributed by atoms with van der Waals surface area (Å²) < 4.78 is 5.10. The number of carbonyl (C=O) groups excluding carboxylic acids is 2. The minimum atomic E-state index is -0.455. The molecule has 7 nitrogen and oxygen atoms in total. The Bertz CT molecular complexity index is 841. The summed E-state index contributed by atoms with van der Waals surface area (Å²) in [5.41, 5.74) is 1.34. The average Bonchev–Trinajstić information content (AvgIpc) is 3.17. The van der Waals surface area contributed by atoms with E-state index in [4.69, 9.17) is 4.42 Å². The maximum Gasteiger partial charge on any atom is 0.302 e. The largest absolute Gasteiger partial charge is 0.431 e. The summed E-state index contributed by atoms with van der Waals surface area (Å²) in [5, 5.41) is 7.40. The van der Waals surface area contributed by atoms with Gasteiger partial charge < -0.3 is 4.42 Å². The lowest BCUT2D eigenvalue weighted by atomic mass is 10.2. The lowest BCUT2D eigenvalue weighted by Crippen LogP contribution is -2.14. The molecule has 0 unspecified atom stereocenters. The molecular formula is C15H12N4O3S. The number of nitrogens with zero attached hydrogens (tertiary/aromatic N) is 2. The van der Waals surface area contributed by atoms with Crippen LogP contribution >= 0.6 is 11.3 Å². The summed E-state index contributed by atoms with van der Waals surface area (Å²) in [6, 6.07) is 8.59. The van der Waals surface area contributed by atoms with Gasteiger partial charge in [-0.05, 0) is 19.1 Å². The van der Waals surface area contributed by atoms with E-state index < -0.39 is 5.91 Å². The molecule has 0 aliphatic rings. The fourth-order valence-electron chi connectivity index (χ4n) is 1.77. The zero-order chi connectivity index (χ0) is 16.2. The second-order valence-electron chi connectivity index (χ2n) is 4.61. The maximum absolute atomic E-state index is 12.0. The number of aromatic nitrogens is 2. The Morgan fingerprint density at radius 2 is 1.87 bits per heavy atom. The summed E-state index contributed by atoms with van der Waals surface area (Å²) in [4.78, 5) is 32.1. The number of benzene rings is 1. The first-order valence-corrected chi connectivity index (χ1v) is 7.55. The number of hydrogen-bond donors (Lipinski definition) is 2. The Balaban J connectivity index is 1.66. The van der Waals surface area contributed by atoms with E-state index in [1.54, 1.807) is 24.3 Å². The third kappa shape index (κ3) is 3.61. The molecule has 0 saturated heterocycles. The van der Waals surface area contributed by atoms with Gasteiger partial charge in [-0.1, -0.05) is 18.2 Å². The molecular weight excluding hydrogens is 316 g/mol. The third-order valence-electron chi connectivity index (χ3n) is 2.83. The molecule has 23 heavy (non-hydrogen) atoms. The summed E-state index contributed by atoms with van der Waals surface area (Å²) >= 11 is 1.32. The van der Waals surface area contributed by atoms with E-state index in [1.807, 2.05) is 18.4 Å². The van der Waals surface area contributed by atoms with Gasteiger partial charge in [0, 0.05) is 10.9 Å². The van der Waals surface area contributed by atoms with Crippen LogP contribution in [0.1, 0.15) is 26.5 Å². The van der Waals surface area contributed by atoms with Crippen molar-refractivity contribution in [2.75, 3.05) is 10.6 Å².